The van der Waals surface area contributed by atoms with Crippen molar-refractivity contribution in [3.63, 3.8) is 0 Å². The maximum absolute atomic E-state index is 11.9. The molecule has 0 fully saturated rings. The Balaban J connectivity index is 2.03. The number of nitrogens with two attached hydrogens (primary N) is 1. The van der Waals surface area contributed by atoms with Crippen LogP contribution in [0.3, 0.4) is 0 Å². The van der Waals surface area contributed by atoms with Gasteiger partial charge >= 0.3 is 0 Å². The summed E-state index contributed by atoms with van der Waals surface area (Å²) in [7, 11) is 0. The second kappa shape index (κ2) is 6.64. The van der Waals surface area contributed by atoms with Crippen molar-refractivity contribution in [2.75, 3.05) is 5.75 Å². The average molecular weight is 299 g/mol. The summed E-state index contributed by atoms with van der Waals surface area (Å²) < 4.78 is 0. The Kier molecular flexibility index (Phi) is 5.13. The standard InChI is InChI=1S/C14H19ClN2OS/c1-9(16)2-5-14(18)17-12-6-7-19-13-4-3-10(15)8-11(12)13/h3-4,8-9,12H,2,5-7,16H2,1H3,(H,17,18). The molecule has 0 aliphatic carbocycles. The maximum atomic E-state index is 11.9. The van der Waals surface area contributed by atoms with Gasteiger partial charge in [-0.25, -0.2) is 0 Å². The molecule has 2 rings (SSSR count). The fourth-order valence-corrected chi connectivity index (χ4v) is 3.43. The van der Waals surface area contributed by atoms with Gasteiger partial charge in [-0.05, 0) is 43.5 Å². The highest BCUT2D eigenvalue weighted by atomic mass is 35.5. The molecule has 2 atom stereocenters. The molecule has 19 heavy (non-hydrogen) atoms. The van der Waals surface area contributed by atoms with Crippen LogP contribution in [-0.4, -0.2) is 17.7 Å². The molecule has 0 bridgehead atoms. The van der Waals surface area contributed by atoms with E-state index in [9.17, 15) is 4.79 Å². The van der Waals surface area contributed by atoms with E-state index >= 15 is 0 Å². The third kappa shape index (κ3) is 4.13. The molecular weight excluding hydrogens is 280 g/mol. The van der Waals surface area contributed by atoms with E-state index in [1.54, 1.807) is 0 Å². The van der Waals surface area contributed by atoms with E-state index in [0.29, 0.717) is 6.42 Å². The van der Waals surface area contributed by atoms with Crippen molar-refractivity contribution < 1.29 is 4.79 Å². The van der Waals surface area contributed by atoms with Crippen LogP contribution in [-0.2, 0) is 4.79 Å². The van der Waals surface area contributed by atoms with Crippen LogP contribution in [0.2, 0.25) is 5.02 Å². The monoisotopic (exact) mass is 298 g/mol. The topological polar surface area (TPSA) is 55.1 Å². The molecule has 104 valence electrons. The van der Waals surface area contributed by atoms with E-state index < -0.39 is 0 Å². The molecule has 1 aliphatic rings. The van der Waals surface area contributed by atoms with Gasteiger partial charge in [0.2, 0.25) is 5.91 Å². The van der Waals surface area contributed by atoms with E-state index in [0.717, 1.165) is 29.2 Å². The van der Waals surface area contributed by atoms with Crippen LogP contribution in [0.4, 0.5) is 0 Å². The molecule has 3 nitrogen and oxygen atoms in total. The Bertz CT molecular complexity index is 465. The minimum Gasteiger partial charge on any atom is -0.349 e. The number of amides is 1. The van der Waals surface area contributed by atoms with E-state index in [2.05, 4.69) is 5.32 Å². The van der Waals surface area contributed by atoms with Gasteiger partial charge in [-0.15, -0.1) is 11.8 Å². The van der Waals surface area contributed by atoms with Crippen LogP contribution < -0.4 is 11.1 Å². The minimum atomic E-state index is 0.0643. The SMILES string of the molecule is CC(N)CCC(=O)NC1CCSc2ccc(Cl)cc21. The molecule has 2 unspecified atom stereocenters. The lowest BCUT2D eigenvalue weighted by atomic mass is 10.0. The van der Waals surface area contributed by atoms with Crippen molar-refractivity contribution >= 4 is 29.3 Å². The maximum Gasteiger partial charge on any atom is 0.220 e. The highest BCUT2D eigenvalue weighted by Gasteiger charge is 2.22. The van der Waals surface area contributed by atoms with E-state index in [1.807, 2.05) is 36.9 Å². The zero-order chi connectivity index (χ0) is 13.8. The van der Waals surface area contributed by atoms with E-state index in [1.165, 1.54) is 4.90 Å². The molecule has 1 heterocycles. The van der Waals surface area contributed by atoms with Gasteiger partial charge in [0.05, 0.1) is 6.04 Å². The molecule has 1 aromatic carbocycles. The van der Waals surface area contributed by atoms with Crippen molar-refractivity contribution in [3.8, 4) is 0 Å². The highest BCUT2D eigenvalue weighted by Crippen LogP contribution is 2.37. The summed E-state index contributed by atoms with van der Waals surface area (Å²) >= 11 is 7.86. The molecule has 0 radical (unpaired) electrons. The van der Waals surface area contributed by atoms with Crippen LogP contribution in [0.15, 0.2) is 23.1 Å². The van der Waals surface area contributed by atoms with Crippen LogP contribution in [0.25, 0.3) is 0 Å². The molecule has 1 aromatic rings. The number of rotatable bonds is 4. The molecule has 5 heteroatoms. The van der Waals surface area contributed by atoms with Crippen LogP contribution in [0.1, 0.15) is 37.8 Å². The normalized spacial score (nSPS) is 19.6. The summed E-state index contributed by atoms with van der Waals surface area (Å²) in [5, 5.41) is 3.81. The summed E-state index contributed by atoms with van der Waals surface area (Å²) in [6.07, 6.45) is 2.15. The van der Waals surface area contributed by atoms with Crippen LogP contribution >= 0.6 is 23.4 Å². The first kappa shape index (κ1) is 14.7. The summed E-state index contributed by atoms with van der Waals surface area (Å²) in [5.41, 5.74) is 6.81. The number of hydrogen-bond donors (Lipinski definition) is 2. The molecule has 0 saturated heterocycles. The zero-order valence-electron chi connectivity index (χ0n) is 11.0. The number of carbonyl (C=O) groups is 1. The first-order valence-corrected chi connectivity index (χ1v) is 7.90. The van der Waals surface area contributed by atoms with Crippen molar-refractivity contribution in [2.24, 2.45) is 5.73 Å². The third-order valence-corrected chi connectivity index (χ3v) is 4.53. The van der Waals surface area contributed by atoms with E-state index in [-0.39, 0.29) is 18.0 Å². The zero-order valence-corrected chi connectivity index (χ0v) is 12.6. The number of fused-ring (bicyclic) bond motifs is 1. The lowest BCUT2D eigenvalue weighted by molar-refractivity contribution is -0.122. The van der Waals surface area contributed by atoms with Crippen molar-refractivity contribution in [2.45, 2.75) is 43.2 Å². The van der Waals surface area contributed by atoms with Gasteiger partial charge in [0.15, 0.2) is 0 Å². The van der Waals surface area contributed by atoms with Gasteiger partial charge in [0, 0.05) is 28.1 Å². The summed E-state index contributed by atoms with van der Waals surface area (Å²) in [4.78, 5) is 13.1. The second-order valence-electron chi connectivity index (χ2n) is 4.96. The van der Waals surface area contributed by atoms with Gasteiger partial charge in [0.1, 0.15) is 0 Å². The van der Waals surface area contributed by atoms with Gasteiger partial charge in [0.25, 0.3) is 0 Å². The molecule has 1 aliphatic heterocycles. The summed E-state index contributed by atoms with van der Waals surface area (Å²) in [5.74, 6) is 1.09. The van der Waals surface area contributed by atoms with Gasteiger partial charge in [-0.1, -0.05) is 11.6 Å². The molecule has 1 amide bonds. The first-order chi connectivity index (χ1) is 9.06. The van der Waals surface area contributed by atoms with Crippen molar-refractivity contribution in [3.05, 3.63) is 28.8 Å². The number of nitrogens with one attached hydrogen (secondary N) is 1. The van der Waals surface area contributed by atoms with Crippen molar-refractivity contribution in [1.29, 1.82) is 0 Å². The minimum absolute atomic E-state index is 0.0643. The van der Waals surface area contributed by atoms with Gasteiger partial charge < -0.3 is 11.1 Å². The predicted molar refractivity (Wildman–Crippen MR) is 80.6 cm³/mol. The largest absolute Gasteiger partial charge is 0.349 e. The summed E-state index contributed by atoms with van der Waals surface area (Å²) in [6.45, 7) is 1.92. The predicted octanol–water partition coefficient (Wildman–Crippen LogP) is 3.12. The van der Waals surface area contributed by atoms with Gasteiger partial charge in [-0.3, -0.25) is 4.79 Å². The van der Waals surface area contributed by atoms with E-state index in [4.69, 9.17) is 17.3 Å². The lowest BCUT2D eigenvalue weighted by Gasteiger charge is -2.26. The van der Waals surface area contributed by atoms with Crippen LogP contribution in [0.5, 0.6) is 0 Å². The van der Waals surface area contributed by atoms with Crippen LogP contribution in [0, 0.1) is 0 Å². The Labute approximate surface area is 123 Å². The Morgan fingerprint density at radius 3 is 3.16 bits per heavy atom. The highest BCUT2D eigenvalue weighted by molar-refractivity contribution is 7.99. The fourth-order valence-electron chi connectivity index (χ4n) is 2.14. The second-order valence-corrected chi connectivity index (χ2v) is 6.53. The Hall–Kier alpha value is -0.710. The quantitative estimate of drug-likeness (QED) is 0.898. The molecule has 0 spiro atoms. The molecular formula is C14H19ClN2OS. The molecule has 0 aromatic heterocycles. The average Bonchev–Trinajstić information content (AvgIpc) is 2.37. The lowest BCUT2D eigenvalue weighted by Crippen LogP contribution is -2.31. The fraction of sp³-hybridized carbons (Fsp3) is 0.500. The first-order valence-electron chi connectivity index (χ1n) is 6.53. The number of halogens is 1. The summed E-state index contributed by atoms with van der Waals surface area (Å²) in [6, 6.07) is 6.03. The Morgan fingerprint density at radius 1 is 1.63 bits per heavy atom. The molecule has 0 saturated carbocycles. The van der Waals surface area contributed by atoms with Gasteiger partial charge in [-0.2, -0.15) is 0 Å². The van der Waals surface area contributed by atoms with Crippen molar-refractivity contribution in [1.82, 2.24) is 5.32 Å². The third-order valence-electron chi connectivity index (χ3n) is 3.17. The number of thioether (sulfide) groups is 1. The number of carbonyl (C=O) groups excluding carboxylic acids is 1. The smallest absolute Gasteiger partial charge is 0.220 e. The Morgan fingerprint density at radius 2 is 2.42 bits per heavy atom. The molecule has 3 N–H and O–H groups in total. The number of hydrogen-bond acceptors (Lipinski definition) is 3. The number of benzene rings is 1.